The van der Waals surface area contributed by atoms with E-state index in [0.717, 1.165) is 0 Å². The topological polar surface area (TPSA) is 131 Å². The monoisotopic (exact) mass is 405 g/mol. The van der Waals surface area contributed by atoms with E-state index in [0.29, 0.717) is 13.0 Å². The summed E-state index contributed by atoms with van der Waals surface area (Å²) < 4.78 is 30.9. The highest BCUT2D eigenvalue weighted by Gasteiger charge is 2.15. The van der Waals surface area contributed by atoms with E-state index in [9.17, 15) is 22.8 Å². The highest BCUT2D eigenvalue weighted by Crippen LogP contribution is 2.15. The molecule has 1 aromatic carbocycles. The molecule has 3 amide bonds. The number of urea groups is 1. The number of halogens is 1. The van der Waals surface area contributed by atoms with E-state index < -0.39 is 34.5 Å². The first-order valence-corrected chi connectivity index (χ1v) is 9.59. The largest absolute Gasteiger partial charge is 0.456 e. The molecule has 0 aliphatic carbocycles. The Bertz CT molecular complexity index is 754. The van der Waals surface area contributed by atoms with Gasteiger partial charge in [-0.1, -0.05) is 24.6 Å². The van der Waals surface area contributed by atoms with E-state index in [1.165, 1.54) is 24.3 Å². The van der Waals surface area contributed by atoms with Gasteiger partial charge in [0.15, 0.2) is 6.61 Å². The Kier molecular flexibility index (Phi) is 9.03. The molecule has 0 aliphatic heterocycles. The summed E-state index contributed by atoms with van der Waals surface area (Å²) in [6, 6.07) is 4.98. The van der Waals surface area contributed by atoms with Crippen molar-refractivity contribution in [1.82, 2.24) is 15.4 Å². The Morgan fingerprint density at radius 3 is 2.58 bits per heavy atom. The van der Waals surface area contributed by atoms with Crippen LogP contribution < -0.4 is 15.4 Å². The summed E-state index contributed by atoms with van der Waals surface area (Å²) >= 11 is 5.74. The summed E-state index contributed by atoms with van der Waals surface area (Å²) in [5.74, 6) is -1.57. The van der Waals surface area contributed by atoms with Crippen molar-refractivity contribution in [3.63, 3.8) is 0 Å². The van der Waals surface area contributed by atoms with Gasteiger partial charge in [-0.25, -0.2) is 17.9 Å². The number of esters is 1. The van der Waals surface area contributed by atoms with Gasteiger partial charge in [0.1, 0.15) is 0 Å². The van der Waals surface area contributed by atoms with Gasteiger partial charge in [0.25, 0.3) is 5.91 Å². The van der Waals surface area contributed by atoms with E-state index in [-0.39, 0.29) is 22.9 Å². The summed E-state index contributed by atoms with van der Waals surface area (Å²) in [5, 5.41) is 4.68. The van der Waals surface area contributed by atoms with E-state index in [1.807, 2.05) is 12.2 Å². The summed E-state index contributed by atoms with van der Waals surface area (Å²) in [6.45, 7) is 1.40. The number of nitrogens with one attached hydrogen (secondary N) is 3. The standard InChI is InChI=1S/C15H20ClN3O6S/c1-2-7-17-15(22)19-13(20)10-25-14(21)6-8-18-26(23,24)12-5-3-4-11(16)9-12/h3-5,9,18H,2,6-8,10H2,1H3,(H2,17,19,20,22). The highest BCUT2D eigenvalue weighted by molar-refractivity contribution is 7.89. The average molecular weight is 406 g/mol. The predicted octanol–water partition coefficient (Wildman–Crippen LogP) is 0.787. The summed E-state index contributed by atoms with van der Waals surface area (Å²) in [6.07, 6.45) is 0.427. The lowest BCUT2D eigenvalue weighted by Gasteiger charge is -2.08. The van der Waals surface area contributed by atoms with Gasteiger partial charge in [-0.2, -0.15) is 0 Å². The molecule has 9 nitrogen and oxygen atoms in total. The Hall–Kier alpha value is -2.17. The van der Waals surface area contributed by atoms with Crippen LogP contribution in [0.2, 0.25) is 5.02 Å². The van der Waals surface area contributed by atoms with Crippen molar-refractivity contribution < 1.29 is 27.5 Å². The molecule has 0 heterocycles. The van der Waals surface area contributed by atoms with E-state index in [1.54, 1.807) is 0 Å². The number of hydrogen-bond acceptors (Lipinski definition) is 6. The summed E-state index contributed by atoms with van der Waals surface area (Å²) in [5.41, 5.74) is 0. The molecule has 0 saturated heterocycles. The average Bonchev–Trinajstić information content (AvgIpc) is 2.58. The molecule has 1 rings (SSSR count). The minimum atomic E-state index is -3.81. The first-order chi connectivity index (χ1) is 12.2. The second kappa shape index (κ2) is 10.7. The zero-order chi connectivity index (χ0) is 19.6. The van der Waals surface area contributed by atoms with Crippen LogP contribution in [0, 0.1) is 0 Å². The van der Waals surface area contributed by atoms with Crippen LogP contribution in [0.15, 0.2) is 29.2 Å². The van der Waals surface area contributed by atoms with Crippen LogP contribution in [-0.4, -0.2) is 46.0 Å². The molecule has 0 aromatic heterocycles. The van der Waals surface area contributed by atoms with Crippen molar-refractivity contribution in [3.8, 4) is 0 Å². The third kappa shape index (κ3) is 8.28. The zero-order valence-corrected chi connectivity index (χ0v) is 15.7. The maximum atomic E-state index is 12.0. The molecule has 0 aliphatic rings. The fraction of sp³-hybridized carbons (Fsp3) is 0.400. The summed E-state index contributed by atoms with van der Waals surface area (Å²) in [7, 11) is -3.81. The van der Waals surface area contributed by atoms with Crippen molar-refractivity contribution in [2.75, 3.05) is 19.7 Å². The molecule has 3 N–H and O–H groups in total. The van der Waals surface area contributed by atoms with Gasteiger partial charge in [-0.15, -0.1) is 0 Å². The van der Waals surface area contributed by atoms with E-state index in [4.69, 9.17) is 11.6 Å². The third-order valence-corrected chi connectivity index (χ3v) is 4.57. The van der Waals surface area contributed by atoms with Gasteiger partial charge in [0.05, 0.1) is 11.3 Å². The van der Waals surface area contributed by atoms with Crippen molar-refractivity contribution >= 4 is 39.5 Å². The molecule has 0 radical (unpaired) electrons. The zero-order valence-electron chi connectivity index (χ0n) is 14.1. The minimum absolute atomic E-state index is 0.0316. The molecule has 1 aromatic rings. The van der Waals surface area contributed by atoms with Crippen molar-refractivity contribution in [3.05, 3.63) is 29.3 Å². The van der Waals surface area contributed by atoms with E-state index in [2.05, 4.69) is 14.8 Å². The molecular formula is C15H20ClN3O6S. The number of benzene rings is 1. The van der Waals surface area contributed by atoms with Crippen molar-refractivity contribution in [1.29, 1.82) is 0 Å². The first-order valence-electron chi connectivity index (χ1n) is 7.73. The highest BCUT2D eigenvalue weighted by atomic mass is 35.5. The van der Waals surface area contributed by atoms with Crippen LogP contribution in [0.4, 0.5) is 4.79 Å². The van der Waals surface area contributed by atoms with Crippen LogP contribution in [0.25, 0.3) is 0 Å². The lowest BCUT2D eigenvalue weighted by molar-refractivity contribution is -0.148. The Morgan fingerprint density at radius 1 is 1.19 bits per heavy atom. The number of ether oxygens (including phenoxy) is 1. The number of sulfonamides is 1. The van der Waals surface area contributed by atoms with E-state index >= 15 is 0 Å². The molecule has 11 heteroatoms. The molecule has 26 heavy (non-hydrogen) atoms. The molecule has 0 bridgehead atoms. The SMILES string of the molecule is CCCNC(=O)NC(=O)COC(=O)CCNS(=O)(=O)c1cccc(Cl)c1. The fourth-order valence-electron chi connectivity index (χ4n) is 1.67. The number of carbonyl (C=O) groups is 3. The van der Waals surface area contributed by atoms with Gasteiger partial charge in [0, 0.05) is 18.1 Å². The van der Waals surface area contributed by atoms with Crippen LogP contribution in [0.3, 0.4) is 0 Å². The van der Waals surface area contributed by atoms with Gasteiger partial charge in [-0.3, -0.25) is 14.9 Å². The number of amides is 3. The lowest BCUT2D eigenvalue weighted by Crippen LogP contribution is -2.41. The normalized spacial score (nSPS) is 10.8. The Morgan fingerprint density at radius 2 is 1.92 bits per heavy atom. The minimum Gasteiger partial charge on any atom is -0.456 e. The molecule has 0 saturated carbocycles. The van der Waals surface area contributed by atoms with Crippen molar-refractivity contribution in [2.45, 2.75) is 24.7 Å². The number of imide groups is 1. The number of rotatable bonds is 9. The smallest absolute Gasteiger partial charge is 0.321 e. The maximum absolute atomic E-state index is 12.0. The first kappa shape index (κ1) is 21.9. The molecule has 0 unspecified atom stereocenters. The number of hydrogen-bond donors (Lipinski definition) is 3. The molecule has 0 atom stereocenters. The second-order valence-electron chi connectivity index (χ2n) is 5.07. The number of carbonyl (C=O) groups excluding carboxylic acids is 3. The van der Waals surface area contributed by atoms with Crippen LogP contribution in [-0.2, 0) is 24.3 Å². The maximum Gasteiger partial charge on any atom is 0.321 e. The lowest BCUT2D eigenvalue weighted by atomic mass is 10.4. The van der Waals surface area contributed by atoms with Crippen LogP contribution in [0.5, 0.6) is 0 Å². The Labute approximate surface area is 156 Å². The van der Waals surface area contributed by atoms with Crippen molar-refractivity contribution in [2.24, 2.45) is 0 Å². The third-order valence-electron chi connectivity index (χ3n) is 2.88. The van der Waals surface area contributed by atoms with Gasteiger partial charge < -0.3 is 10.1 Å². The molecular weight excluding hydrogens is 386 g/mol. The molecule has 0 spiro atoms. The Balaban J connectivity index is 2.32. The second-order valence-corrected chi connectivity index (χ2v) is 7.27. The summed E-state index contributed by atoms with van der Waals surface area (Å²) in [4.78, 5) is 34.1. The van der Waals surface area contributed by atoms with Gasteiger partial charge >= 0.3 is 12.0 Å². The van der Waals surface area contributed by atoms with Crippen LogP contribution in [0.1, 0.15) is 19.8 Å². The van der Waals surface area contributed by atoms with Gasteiger partial charge in [-0.05, 0) is 24.6 Å². The van der Waals surface area contributed by atoms with Gasteiger partial charge in [0.2, 0.25) is 10.0 Å². The van der Waals surface area contributed by atoms with Crippen LogP contribution >= 0.6 is 11.6 Å². The predicted molar refractivity (Wildman–Crippen MR) is 94.0 cm³/mol. The fourth-order valence-corrected chi connectivity index (χ4v) is 3.00. The molecule has 0 fully saturated rings. The molecule has 144 valence electrons. The quantitative estimate of drug-likeness (QED) is 0.520.